The molecule has 1 saturated heterocycles. The van der Waals surface area contributed by atoms with E-state index in [0.717, 1.165) is 35.3 Å². The molecular weight excluding hydrogens is 554 g/mol. The number of benzene rings is 3. The van der Waals surface area contributed by atoms with Gasteiger partial charge in [-0.25, -0.2) is 9.07 Å². The van der Waals surface area contributed by atoms with E-state index in [0.29, 0.717) is 29.1 Å². The van der Waals surface area contributed by atoms with Crippen LogP contribution in [0.5, 0.6) is 0 Å². The number of anilines is 2. The Labute approximate surface area is 236 Å². The highest BCUT2D eigenvalue weighted by atomic mass is 19.4. The minimum absolute atomic E-state index is 0.0220. The molecule has 5 aromatic rings. The summed E-state index contributed by atoms with van der Waals surface area (Å²) in [6.45, 7) is 2.31. The van der Waals surface area contributed by atoms with Gasteiger partial charge < -0.3 is 21.3 Å². The van der Waals surface area contributed by atoms with Gasteiger partial charge in [-0.15, -0.1) is 0 Å². The van der Waals surface area contributed by atoms with Gasteiger partial charge in [0.2, 0.25) is 0 Å². The Morgan fingerprint density at radius 2 is 1.90 bits per heavy atom. The van der Waals surface area contributed by atoms with Crippen LogP contribution in [0, 0.1) is 5.82 Å². The molecule has 0 aliphatic carbocycles. The first kappa shape index (κ1) is 27.4. The maximum absolute atomic E-state index is 15.3. The molecule has 5 N–H and O–H groups in total. The molecule has 1 fully saturated rings. The molecular formula is C29H25F4N7O2. The minimum Gasteiger partial charge on any atom is -0.380 e. The highest BCUT2D eigenvalue weighted by molar-refractivity contribution is 6.04. The zero-order chi connectivity index (χ0) is 29.6. The zero-order valence-electron chi connectivity index (χ0n) is 22.0. The second-order valence-corrected chi connectivity index (χ2v) is 10.2. The molecule has 1 aliphatic heterocycles. The fraction of sp³-hybridized carbons (Fsp3) is 0.207. The number of fused-ring (bicyclic) bond motifs is 1. The van der Waals surface area contributed by atoms with Gasteiger partial charge >= 0.3 is 6.18 Å². The van der Waals surface area contributed by atoms with Gasteiger partial charge in [-0.05, 0) is 53.4 Å². The van der Waals surface area contributed by atoms with Crippen LogP contribution in [-0.4, -0.2) is 44.9 Å². The number of nitrogens with one attached hydrogen (secondary N) is 1. The molecule has 3 heterocycles. The van der Waals surface area contributed by atoms with E-state index in [1.165, 1.54) is 30.3 Å². The van der Waals surface area contributed by atoms with E-state index in [2.05, 4.69) is 20.5 Å². The van der Waals surface area contributed by atoms with Crippen LogP contribution in [0.25, 0.3) is 27.8 Å². The number of carbonyl (C=O) groups excluding carboxylic acids is 1. The average molecular weight is 580 g/mol. The lowest BCUT2D eigenvalue weighted by Gasteiger charge is -2.18. The van der Waals surface area contributed by atoms with Crippen molar-refractivity contribution >= 4 is 28.4 Å². The number of aromatic nitrogens is 3. The van der Waals surface area contributed by atoms with Crippen LogP contribution in [-0.2, 0) is 12.7 Å². The zero-order valence-corrected chi connectivity index (χ0v) is 22.0. The number of nitrogen functional groups attached to an aromatic ring is 1. The fourth-order valence-corrected chi connectivity index (χ4v) is 5.11. The molecule has 0 bridgehead atoms. The van der Waals surface area contributed by atoms with Gasteiger partial charge in [0, 0.05) is 31.7 Å². The molecule has 6 rings (SSSR count). The third-order valence-corrected chi connectivity index (χ3v) is 7.21. The van der Waals surface area contributed by atoms with Crippen molar-refractivity contribution < 1.29 is 26.9 Å². The first-order valence-electron chi connectivity index (χ1n) is 13.1. The first-order chi connectivity index (χ1) is 20.1. The van der Waals surface area contributed by atoms with Crippen molar-refractivity contribution in [1.29, 1.82) is 0 Å². The van der Waals surface area contributed by atoms with Crippen LogP contribution in [0.15, 0.2) is 71.3 Å². The van der Waals surface area contributed by atoms with Crippen molar-refractivity contribution in [3.8, 4) is 16.8 Å². The van der Waals surface area contributed by atoms with E-state index in [4.69, 9.17) is 16.0 Å². The van der Waals surface area contributed by atoms with Gasteiger partial charge in [0.15, 0.2) is 17.1 Å². The molecule has 1 atom stereocenters. The van der Waals surface area contributed by atoms with E-state index < -0.39 is 29.3 Å². The Balaban J connectivity index is 1.29. The highest BCUT2D eigenvalue weighted by Crippen LogP contribution is 2.32. The molecule has 0 saturated carbocycles. The molecule has 216 valence electrons. The van der Waals surface area contributed by atoms with E-state index in [1.54, 1.807) is 6.07 Å². The summed E-state index contributed by atoms with van der Waals surface area (Å²) in [6, 6.07) is 16.9. The molecule has 3 aromatic carbocycles. The third kappa shape index (κ3) is 5.31. The number of amides is 1. The molecule has 1 aliphatic rings. The number of nitrogens with two attached hydrogens (primary N) is 2. The predicted molar refractivity (Wildman–Crippen MR) is 148 cm³/mol. The number of carbonyl (C=O) groups is 1. The Hall–Kier alpha value is -4.75. The fourth-order valence-electron chi connectivity index (χ4n) is 5.11. The molecule has 0 radical (unpaired) electrons. The molecule has 1 amide bonds. The summed E-state index contributed by atoms with van der Waals surface area (Å²) in [4.78, 5) is 15.5. The van der Waals surface area contributed by atoms with Crippen molar-refractivity contribution in [3.05, 3.63) is 89.5 Å². The average Bonchev–Trinajstić information content (AvgIpc) is 3.68. The van der Waals surface area contributed by atoms with Gasteiger partial charge in [0.1, 0.15) is 11.5 Å². The summed E-state index contributed by atoms with van der Waals surface area (Å²) < 4.78 is 61.9. The standard InChI is InChI=1S/C29H25F4N7O2/c30-22-11-16(20-4-2-1-3-17(20)14-39-10-9-18(34)15-39)5-7-23(22)36-28(41)24-13-26(29(31,32)33)37-40(24)19-6-8-25-21(12-19)27(35)38-42-25/h1-8,11-13,18H,9-10,14-15,34H2,(H2,35,38)(H,36,41)/t18-/m1/s1. The number of alkyl halides is 3. The minimum atomic E-state index is -4.83. The van der Waals surface area contributed by atoms with Crippen molar-refractivity contribution in [2.24, 2.45) is 5.73 Å². The second-order valence-electron chi connectivity index (χ2n) is 10.2. The summed E-state index contributed by atoms with van der Waals surface area (Å²) in [5, 5.41) is 9.94. The molecule has 2 aromatic heterocycles. The van der Waals surface area contributed by atoms with Crippen LogP contribution in [0.1, 0.15) is 28.2 Å². The van der Waals surface area contributed by atoms with Gasteiger partial charge in [0.25, 0.3) is 5.91 Å². The summed E-state index contributed by atoms with van der Waals surface area (Å²) in [5.74, 6) is -1.72. The lowest BCUT2D eigenvalue weighted by molar-refractivity contribution is -0.141. The van der Waals surface area contributed by atoms with Crippen LogP contribution in [0.3, 0.4) is 0 Å². The van der Waals surface area contributed by atoms with Crippen molar-refractivity contribution in [2.75, 3.05) is 24.1 Å². The molecule has 0 unspecified atom stereocenters. The Bertz CT molecular complexity index is 1800. The van der Waals surface area contributed by atoms with Crippen LogP contribution in [0.2, 0.25) is 0 Å². The van der Waals surface area contributed by atoms with Crippen molar-refractivity contribution in [2.45, 2.75) is 25.2 Å². The topological polar surface area (TPSA) is 128 Å². The first-order valence-corrected chi connectivity index (χ1v) is 13.1. The maximum Gasteiger partial charge on any atom is 0.435 e. The van der Waals surface area contributed by atoms with E-state index in [-0.39, 0.29) is 23.2 Å². The number of likely N-dealkylation sites (tertiary alicyclic amines) is 1. The Morgan fingerprint density at radius 1 is 1.10 bits per heavy atom. The van der Waals surface area contributed by atoms with Crippen LogP contribution >= 0.6 is 0 Å². The number of halogens is 4. The monoisotopic (exact) mass is 579 g/mol. The van der Waals surface area contributed by atoms with Gasteiger partial charge in [-0.1, -0.05) is 35.5 Å². The second kappa shape index (κ2) is 10.6. The summed E-state index contributed by atoms with van der Waals surface area (Å²) in [5.41, 5.74) is 12.7. The molecule has 13 heteroatoms. The smallest absolute Gasteiger partial charge is 0.380 e. The van der Waals surface area contributed by atoms with E-state index in [9.17, 15) is 18.0 Å². The number of nitrogens with zero attached hydrogens (tertiary/aromatic N) is 4. The third-order valence-electron chi connectivity index (χ3n) is 7.21. The van der Waals surface area contributed by atoms with Gasteiger partial charge in [0.05, 0.1) is 16.8 Å². The number of hydrogen-bond donors (Lipinski definition) is 3. The summed E-state index contributed by atoms with van der Waals surface area (Å²) in [6.07, 6.45) is -3.92. The van der Waals surface area contributed by atoms with Crippen LogP contribution < -0.4 is 16.8 Å². The summed E-state index contributed by atoms with van der Waals surface area (Å²) in [7, 11) is 0. The SMILES string of the molecule is Nc1noc2ccc(-n3nc(C(F)(F)F)cc3C(=O)Nc3ccc(-c4ccccc4CN4CC[C@@H](N)C4)cc3F)cc12. The van der Waals surface area contributed by atoms with E-state index in [1.807, 2.05) is 24.3 Å². The Morgan fingerprint density at radius 3 is 2.64 bits per heavy atom. The molecule has 0 spiro atoms. The van der Waals surface area contributed by atoms with Crippen molar-refractivity contribution in [1.82, 2.24) is 19.8 Å². The molecule has 42 heavy (non-hydrogen) atoms. The maximum atomic E-state index is 15.3. The summed E-state index contributed by atoms with van der Waals surface area (Å²) >= 11 is 0. The van der Waals surface area contributed by atoms with Gasteiger partial charge in [-0.3, -0.25) is 9.69 Å². The lowest BCUT2D eigenvalue weighted by atomic mass is 9.99. The van der Waals surface area contributed by atoms with Crippen LogP contribution in [0.4, 0.5) is 29.1 Å². The quantitative estimate of drug-likeness (QED) is 0.236. The molecule has 9 nitrogen and oxygen atoms in total. The van der Waals surface area contributed by atoms with E-state index >= 15 is 4.39 Å². The predicted octanol–water partition coefficient (Wildman–Crippen LogP) is 5.21. The van der Waals surface area contributed by atoms with Crippen molar-refractivity contribution in [3.63, 3.8) is 0 Å². The lowest BCUT2D eigenvalue weighted by Crippen LogP contribution is -2.26. The van der Waals surface area contributed by atoms with Gasteiger partial charge in [-0.2, -0.15) is 18.3 Å². The highest BCUT2D eigenvalue weighted by Gasteiger charge is 2.36. The number of hydrogen-bond acceptors (Lipinski definition) is 7. The largest absolute Gasteiger partial charge is 0.435 e. The Kier molecular flexibility index (Phi) is 6.91. The number of rotatable bonds is 6. The normalized spacial score (nSPS) is 15.9.